The van der Waals surface area contributed by atoms with Crippen molar-refractivity contribution in [3.63, 3.8) is 0 Å². The van der Waals surface area contributed by atoms with Crippen LogP contribution in [-0.4, -0.2) is 37.1 Å². The molecule has 0 unspecified atom stereocenters. The second kappa shape index (κ2) is 5.19. The Kier molecular flexibility index (Phi) is 3.99. The first kappa shape index (κ1) is 13.8. The van der Waals surface area contributed by atoms with E-state index in [9.17, 15) is 0 Å². The Morgan fingerprint density at radius 1 is 1.33 bits per heavy atom. The average Bonchev–Trinajstić information content (AvgIpc) is 2.32. The van der Waals surface area contributed by atoms with Crippen molar-refractivity contribution < 1.29 is 0 Å². The molecule has 2 rings (SSSR count). The lowest BCUT2D eigenvalue weighted by Gasteiger charge is -2.46. The maximum absolute atomic E-state index is 5.85. The van der Waals surface area contributed by atoms with Crippen LogP contribution in [0.15, 0.2) is 22.7 Å². The van der Waals surface area contributed by atoms with Gasteiger partial charge in [0.15, 0.2) is 0 Å². The molecule has 1 fully saturated rings. The van der Waals surface area contributed by atoms with Crippen LogP contribution in [0.4, 0.5) is 5.69 Å². The van der Waals surface area contributed by atoms with Crippen LogP contribution in [0.3, 0.4) is 0 Å². The summed E-state index contributed by atoms with van der Waals surface area (Å²) in [4.78, 5) is 4.87. The summed E-state index contributed by atoms with van der Waals surface area (Å²) in [6.07, 6.45) is 0. The summed E-state index contributed by atoms with van der Waals surface area (Å²) in [6.45, 7) is 8.35. The molecule has 18 heavy (non-hydrogen) atoms. The van der Waals surface area contributed by atoms with Crippen LogP contribution in [0.25, 0.3) is 0 Å². The highest BCUT2D eigenvalue weighted by atomic mass is 79.9. The first-order valence-electron chi connectivity index (χ1n) is 6.39. The highest BCUT2D eigenvalue weighted by Crippen LogP contribution is 2.29. The minimum absolute atomic E-state index is 0.201. The van der Waals surface area contributed by atoms with Gasteiger partial charge < -0.3 is 10.6 Å². The predicted molar refractivity (Wildman–Crippen MR) is 81.0 cm³/mol. The molecular weight excluding hydrogens is 290 g/mol. The average molecular weight is 312 g/mol. The van der Waals surface area contributed by atoms with Crippen molar-refractivity contribution in [2.45, 2.75) is 25.9 Å². The molecule has 1 heterocycles. The number of hydrogen-bond donors (Lipinski definition) is 1. The normalized spacial score (nSPS) is 20.2. The number of hydrogen-bond acceptors (Lipinski definition) is 3. The van der Waals surface area contributed by atoms with Gasteiger partial charge in [0.05, 0.1) is 0 Å². The number of anilines is 1. The van der Waals surface area contributed by atoms with E-state index in [1.807, 2.05) is 0 Å². The van der Waals surface area contributed by atoms with Gasteiger partial charge in [0.25, 0.3) is 0 Å². The number of piperazine rings is 1. The van der Waals surface area contributed by atoms with Gasteiger partial charge in [-0.05, 0) is 38.6 Å². The lowest BCUT2D eigenvalue weighted by atomic mass is 9.98. The highest BCUT2D eigenvalue weighted by Gasteiger charge is 2.31. The molecule has 0 amide bonds. The Morgan fingerprint density at radius 2 is 2.06 bits per heavy atom. The molecule has 0 saturated carbocycles. The Morgan fingerprint density at radius 3 is 2.67 bits per heavy atom. The quantitative estimate of drug-likeness (QED) is 0.910. The molecule has 1 saturated heterocycles. The summed E-state index contributed by atoms with van der Waals surface area (Å²) in [6, 6.07) is 6.36. The standard InChI is InChI=1S/C14H22BrN3/c1-14(2)10-18(7-6-17(14)3)13-8-12(15)5-4-11(13)9-16/h4-5,8H,6-7,9-10,16H2,1-3H3. The Labute approximate surface area is 118 Å². The number of halogens is 1. The second-order valence-electron chi connectivity index (χ2n) is 5.63. The van der Waals surface area contributed by atoms with Crippen molar-refractivity contribution in [2.75, 3.05) is 31.6 Å². The summed E-state index contributed by atoms with van der Waals surface area (Å²) in [7, 11) is 2.20. The van der Waals surface area contributed by atoms with Gasteiger partial charge in [0.2, 0.25) is 0 Å². The van der Waals surface area contributed by atoms with E-state index in [4.69, 9.17) is 5.73 Å². The number of nitrogens with two attached hydrogens (primary N) is 1. The fraction of sp³-hybridized carbons (Fsp3) is 0.571. The van der Waals surface area contributed by atoms with Crippen LogP contribution in [0.2, 0.25) is 0 Å². The third kappa shape index (κ3) is 2.71. The van der Waals surface area contributed by atoms with E-state index in [1.54, 1.807) is 0 Å². The van der Waals surface area contributed by atoms with Crippen molar-refractivity contribution in [1.29, 1.82) is 0 Å². The van der Waals surface area contributed by atoms with Gasteiger partial charge >= 0.3 is 0 Å². The van der Waals surface area contributed by atoms with Crippen LogP contribution >= 0.6 is 15.9 Å². The zero-order valence-corrected chi connectivity index (χ0v) is 13.0. The molecule has 4 heteroatoms. The number of likely N-dealkylation sites (N-methyl/N-ethyl adjacent to an activating group) is 1. The lowest BCUT2D eigenvalue weighted by molar-refractivity contribution is 0.139. The molecule has 0 atom stereocenters. The molecule has 100 valence electrons. The SMILES string of the molecule is CN1CCN(c2cc(Br)ccc2CN)CC1(C)C. The fourth-order valence-electron chi connectivity index (χ4n) is 2.45. The van der Waals surface area contributed by atoms with Crippen LogP contribution in [0, 0.1) is 0 Å². The minimum atomic E-state index is 0.201. The Bertz CT molecular complexity index is 431. The summed E-state index contributed by atoms with van der Waals surface area (Å²) >= 11 is 3.55. The van der Waals surface area contributed by atoms with Gasteiger partial charge in [-0.3, -0.25) is 4.90 Å². The van der Waals surface area contributed by atoms with E-state index >= 15 is 0 Å². The molecule has 0 radical (unpaired) electrons. The topological polar surface area (TPSA) is 32.5 Å². The van der Waals surface area contributed by atoms with Crippen LogP contribution in [0.5, 0.6) is 0 Å². The summed E-state index contributed by atoms with van der Waals surface area (Å²) in [5, 5.41) is 0. The van der Waals surface area contributed by atoms with Crippen LogP contribution in [-0.2, 0) is 6.54 Å². The molecule has 1 aromatic rings. The van der Waals surface area contributed by atoms with Crippen molar-refractivity contribution in [1.82, 2.24) is 4.90 Å². The minimum Gasteiger partial charge on any atom is -0.368 e. The molecule has 0 aromatic heterocycles. The molecule has 0 spiro atoms. The zero-order valence-electron chi connectivity index (χ0n) is 11.4. The zero-order chi connectivity index (χ0) is 13.3. The maximum Gasteiger partial charge on any atom is 0.0424 e. The Balaban J connectivity index is 2.29. The first-order chi connectivity index (χ1) is 8.44. The van der Waals surface area contributed by atoms with Gasteiger partial charge in [-0.15, -0.1) is 0 Å². The molecule has 2 N–H and O–H groups in total. The predicted octanol–water partition coefficient (Wildman–Crippen LogP) is 2.44. The van der Waals surface area contributed by atoms with E-state index in [0.717, 1.165) is 24.1 Å². The van der Waals surface area contributed by atoms with E-state index in [2.05, 4.69) is 64.8 Å². The van der Waals surface area contributed by atoms with Gasteiger partial charge in [-0.25, -0.2) is 0 Å². The molecule has 1 aliphatic heterocycles. The third-order valence-corrected chi connectivity index (χ3v) is 4.42. The van der Waals surface area contributed by atoms with Crippen molar-refractivity contribution in [2.24, 2.45) is 5.73 Å². The number of benzene rings is 1. The maximum atomic E-state index is 5.85. The summed E-state index contributed by atoms with van der Waals surface area (Å²) < 4.78 is 1.12. The molecule has 0 aliphatic carbocycles. The first-order valence-corrected chi connectivity index (χ1v) is 7.18. The second-order valence-corrected chi connectivity index (χ2v) is 6.55. The number of nitrogens with zero attached hydrogens (tertiary/aromatic N) is 2. The van der Waals surface area contributed by atoms with E-state index in [-0.39, 0.29) is 5.54 Å². The Hall–Kier alpha value is -0.580. The van der Waals surface area contributed by atoms with E-state index in [1.165, 1.54) is 11.3 Å². The lowest BCUT2D eigenvalue weighted by Crippen LogP contribution is -2.57. The van der Waals surface area contributed by atoms with Crippen molar-refractivity contribution >= 4 is 21.6 Å². The van der Waals surface area contributed by atoms with Gasteiger partial charge in [-0.2, -0.15) is 0 Å². The number of rotatable bonds is 2. The van der Waals surface area contributed by atoms with E-state index in [0.29, 0.717) is 6.54 Å². The fourth-order valence-corrected chi connectivity index (χ4v) is 2.80. The molecule has 0 bridgehead atoms. The van der Waals surface area contributed by atoms with Crippen molar-refractivity contribution in [3.8, 4) is 0 Å². The molecule has 3 nitrogen and oxygen atoms in total. The summed E-state index contributed by atoms with van der Waals surface area (Å²) in [5.41, 5.74) is 8.54. The molecule has 1 aliphatic rings. The van der Waals surface area contributed by atoms with Crippen LogP contribution in [0.1, 0.15) is 19.4 Å². The third-order valence-electron chi connectivity index (χ3n) is 3.92. The van der Waals surface area contributed by atoms with Gasteiger partial charge in [0.1, 0.15) is 0 Å². The van der Waals surface area contributed by atoms with Gasteiger partial charge in [0, 0.05) is 41.9 Å². The largest absolute Gasteiger partial charge is 0.368 e. The smallest absolute Gasteiger partial charge is 0.0424 e. The highest BCUT2D eigenvalue weighted by molar-refractivity contribution is 9.10. The summed E-state index contributed by atoms with van der Waals surface area (Å²) in [5.74, 6) is 0. The molecule has 1 aromatic carbocycles. The van der Waals surface area contributed by atoms with Gasteiger partial charge in [-0.1, -0.05) is 22.0 Å². The van der Waals surface area contributed by atoms with E-state index < -0.39 is 0 Å². The van der Waals surface area contributed by atoms with Crippen LogP contribution < -0.4 is 10.6 Å². The molecular formula is C14H22BrN3. The monoisotopic (exact) mass is 311 g/mol. The van der Waals surface area contributed by atoms with Crippen molar-refractivity contribution in [3.05, 3.63) is 28.2 Å².